The average Bonchev–Trinajstić information content (AvgIpc) is 2.77. The number of hydrogen-bond donors (Lipinski definition) is 1. The van der Waals surface area contributed by atoms with Crippen molar-refractivity contribution >= 4 is 16.9 Å². The lowest BCUT2D eigenvalue weighted by Crippen LogP contribution is -2.34. The molecule has 156 valence electrons. The third-order valence-corrected chi connectivity index (χ3v) is 5.30. The van der Waals surface area contributed by atoms with E-state index in [4.69, 9.17) is 29.1 Å². The molecule has 8 nitrogen and oxygen atoms in total. The van der Waals surface area contributed by atoms with E-state index in [1.807, 2.05) is 0 Å². The van der Waals surface area contributed by atoms with E-state index in [0.717, 1.165) is 0 Å². The molecule has 1 aliphatic carbocycles. The Morgan fingerprint density at radius 3 is 2.53 bits per heavy atom. The standard InChI is InChI=1S/C22H21NO7/c1-26-14-9-8-11(10-15(14)27-2)16-17-19(30-20(23)18(16)21(24)28-3)12-6-4-5-7-13(12)29-22(17)25/h4-10,14-16H,23H2,1-3H3. The lowest BCUT2D eigenvalue weighted by molar-refractivity contribution is -0.136. The van der Waals surface area contributed by atoms with Crippen LogP contribution in [-0.4, -0.2) is 39.5 Å². The molecule has 2 aromatic rings. The molecular formula is C22H21NO7. The monoisotopic (exact) mass is 411 g/mol. The van der Waals surface area contributed by atoms with E-state index < -0.39 is 23.6 Å². The Hall–Kier alpha value is -3.36. The number of nitrogens with two attached hydrogens (primary N) is 1. The number of rotatable bonds is 4. The molecule has 2 heterocycles. The maximum Gasteiger partial charge on any atom is 0.344 e. The van der Waals surface area contributed by atoms with Gasteiger partial charge in [0.2, 0.25) is 5.88 Å². The molecule has 0 bridgehead atoms. The van der Waals surface area contributed by atoms with Gasteiger partial charge in [0.1, 0.15) is 23.4 Å². The molecule has 0 saturated carbocycles. The van der Waals surface area contributed by atoms with Crippen molar-refractivity contribution in [3.63, 3.8) is 0 Å². The molecule has 2 N–H and O–H groups in total. The van der Waals surface area contributed by atoms with E-state index in [1.165, 1.54) is 7.11 Å². The SMILES string of the molecule is COC(=O)C1=C(N)Oc2c(c(=O)oc3ccccc23)C1C1=CC(OC)C(OC)C=C1. The highest BCUT2D eigenvalue weighted by Gasteiger charge is 2.40. The van der Waals surface area contributed by atoms with Gasteiger partial charge in [-0.3, -0.25) is 0 Å². The zero-order valence-electron chi connectivity index (χ0n) is 16.7. The Kier molecular flexibility index (Phi) is 5.19. The van der Waals surface area contributed by atoms with Crippen molar-refractivity contribution in [1.82, 2.24) is 0 Å². The molecular weight excluding hydrogens is 390 g/mol. The minimum absolute atomic E-state index is 0.0224. The van der Waals surface area contributed by atoms with Gasteiger partial charge < -0.3 is 29.1 Å². The van der Waals surface area contributed by atoms with Gasteiger partial charge in [-0.05, 0) is 23.8 Å². The van der Waals surface area contributed by atoms with E-state index in [2.05, 4.69) is 0 Å². The van der Waals surface area contributed by atoms with Crippen LogP contribution in [0.1, 0.15) is 11.5 Å². The minimum atomic E-state index is -0.853. The first-order valence-corrected chi connectivity index (χ1v) is 9.27. The summed E-state index contributed by atoms with van der Waals surface area (Å²) in [5.41, 5.74) is 6.69. The summed E-state index contributed by atoms with van der Waals surface area (Å²) in [7, 11) is 4.36. The Labute approximate surface area is 172 Å². The van der Waals surface area contributed by atoms with Crippen molar-refractivity contribution in [3.05, 3.63) is 75.5 Å². The Bertz CT molecular complexity index is 1160. The van der Waals surface area contributed by atoms with Gasteiger partial charge in [0.15, 0.2) is 5.75 Å². The van der Waals surface area contributed by atoms with Gasteiger partial charge in [-0.15, -0.1) is 0 Å². The number of fused-ring (bicyclic) bond motifs is 3. The van der Waals surface area contributed by atoms with Crippen molar-refractivity contribution in [2.75, 3.05) is 21.3 Å². The zero-order valence-corrected chi connectivity index (χ0v) is 16.7. The molecule has 0 amide bonds. The van der Waals surface area contributed by atoms with Crippen LogP contribution in [0.15, 0.2) is 68.7 Å². The molecule has 0 radical (unpaired) electrons. The van der Waals surface area contributed by atoms with E-state index in [-0.39, 0.29) is 28.9 Å². The number of carbonyl (C=O) groups is 1. The Balaban J connectivity index is 1.99. The normalized spacial score (nSPS) is 23.0. The topological polar surface area (TPSA) is 110 Å². The smallest absolute Gasteiger partial charge is 0.344 e. The predicted molar refractivity (Wildman–Crippen MR) is 108 cm³/mol. The second kappa shape index (κ2) is 7.81. The molecule has 3 atom stereocenters. The summed E-state index contributed by atoms with van der Waals surface area (Å²) in [6, 6.07) is 6.96. The van der Waals surface area contributed by atoms with E-state index >= 15 is 0 Å². The largest absolute Gasteiger partial charge is 0.465 e. The van der Waals surface area contributed by atoms with Gasteiger partial charge in [-0.1, -0.05) is 24.3 Å². The first kappa shape index (κ1) is 19.9. The summed E-state index contributed by atoms with van der Waals surface area (Å²) >= 11 is 0. The molecule has 0 saturated heterocycles. The highest BCUT2D eigenvalue weighted by molar-refractivity contribution is 5.94. The van der Waals surface area contributed by atoms with Crippen LogP contribution >= 0.6 is 0 Å². The predicted octanol–water partition coefficient (Wildman–Crippen LogP) is 2.14. The number of carbonyl (C=O) groups excluding carboxylic acids is 1. The van der Waals surface area contributed by atoms with Crippen molar-refractivity contribution in [2.24, 2.45) is 5.73 Å². The number of esters is 1. The van der Waals surface area contributed by atoms with Crippen molar-refractivity contribution in [2.45, 2.75) is 18.1 Å². The first-order valence-electron chi connectivity index (χ1n) is 9.27. The lowest BCUT2D eigenvalue weighted by Gasteiger charge is -2.31. The molecule has 30 heavy (non-hydrogen) atoms. The van der Waals surface area contributed by atoms with Crippen molar-refractivity contribution in [3.8, 4) is 5.75 Å². The van der Waals surface area contributed by atoms with Gasteiger partial charge >= 0.3 is 11.6 Å². The summed E-state index contributed by atoms with van der Waals surface area (Å²) in [5, 5.41) is 0.572. The van der Waals surface area contributed by atoms with Crippen LogP contribution in [0, 0.1) is 0 Å². The molecule has 0 fully saturated rings. The van der Waals surface area contributed by atoms with Crippen molar-refractivity contribution < 1.29 is 28.2 Å². The van der Waals surface area contributed by atoms with E-state index in [1.54, 1.807) is 56.7 Å². The van der Waals surface area contributed by atoms with Crippen LogP contribution in [-0.2, 0) is 19.0 Å². The maximum absolute atomic E-state index is 13.0. The summed E-state index contributed by atoms with van der Waals surface area (Å²) < 4.78 is 27.1. The van der Waals surface area contributed by atoms with Gasteiger partial charge in [-0.25, -0.2) is 9.59 Å². The van der Waals surface area contributed by atoms with Crippen LogP contribution in [0.5, 0.6) is 5.75 Å². The quantitative estimate of drug-likeness (QED) is 0.602. The first-order chi connectivity index (χ1) is 14.5. The molecule has 1 aliphatic heterocycles. The average molecular weight is 411 g/mol. The van der Waals surface area contributed by atoms with Gasteiger partial charge in [-0.2, -0.15) is 0 Å². The number of hydrogen-bond acceptors (Lipinski definition) is 8. The van der Waals surface area contributed by atoms with E-state index in [9.17, 15) is 9.59 Å². The molecule has 0 spiro atoms. The van der Waals surface area contributed by atoms with Crippen LogP contribution in [0.3, 0.4) is 0 Å². The summed E-state index contributed by atoms with van der Waals surface area (Å²) in [6.45, 7) is 0. The van der Waals surface area contributed by atoms with Gasteiger partial charge in [0.05, 0.1) is 24.0 Å². The van der Waals surface area contributed by atoms with Gasteiger partial charge in [0.25, 0.3) is 0 Å². The Morgan fingerprint density at radius 2 is 1.83 bits per heavy atom. The fraction of sp³-hybridized carbons (Fsp3) is 0.273. The highest BCUT2D eigenvalue weighted by atomic mass is 16.5. The van der Waals surface area contributed by atoms with Crippen LogP contribution < -0.4 is 16.1 Å². The number of methoxy groups -OCH3 is 3. The third kappa shape index (κ3) is 3.10. The molecule has 3 unspecified atom stereocenters. The molecule has 1 aromatic carbocycles. The fourth-order valence-electron chi connectivity index (χ4n) is 3.87. The van der Waals surface area contributed by atoms with Crippen LogP contribution in [0.2, 0.25) is 0 Å². The molecule has 1 aromatic heterocycles. The Morgan fingerprint density at radius 1 is 1.10 bits per heavy atom. The van der Waals surface area contributed by atoms with Crippen LogP contribution in [0.4, 0.5) is 0 Å². The summed E-state index contributed by atoms with van der Waals surface area (Å²) in [5.74, 6) is -1.43. The molecule has 2 aliphatic rings. The fourth-order valence-corrected chi connectivity index (χ4v) is 3.87. The molecule has 4 rings (SSSR count). The summed E-state index contributed by atoms with van der Waals surface area (Å²) in [6.07, 6.45) is 4.63. The maximum atomic E-state index is 13.0. The van der Waals surface area contributed by atoms with Crippen molar-refractivity contribution in [1.29, 1.82) is 0 Å². The molecule has 8 heteroatoms. The second-order valence-electron chi connectivity index (χ2n) is 6.86. The minimum Gasteiger partial charge on any atom is -0.465 e. The highest BCUT2D eigenvalue weighted by Crippen LogP contribution is 2.45. The number of benzene rings is 1. The number of ether oxygens (including phenoxy) is 4. The van der Waals surface area contributed by atoms with Crippen LogP contribution in [0.25, 0.3) is 11.0 Å². The summed E-state index contributed by atoms with van der Waals surface area (Å²) in [4.78, 5) is 25.6. The number of para-hydroxylation sites is 1. The zero-order chi connectivity index (χ0) is 21.4. The van der Waals surface area contributed by atoms with E-state index in [0.29, 0.717) is 16.5 Å². The number of allylic oxidation sites excluding steroid dienone is 2. The second-order valence-corrected chi connectivity index (χ2v) is 6.86. The van der Waals surface area contributed by atoms with Gasteiger partial charge in [0, 0.05) is 14.2 Å². The third-order valence-electron chi connectivity index (χ3n) is 5.30. The lowest BCUT2D eigenvalue weighted by atomic mass is 9.80.